The van der Waals surface area contributed by atoms with Crippen molar-refractivity contribution in [2.24, 2.45) is 0 Å². The molecule has 3 aromatic rings. The van der Waals surface area contributed by atoms with E-state index >= 15 is 0 Å². The first-order valence-corrected chi connectivity index (χ1v) is 10.6. The third-order valence-corrected chi connectivity index (χ3v) is 4.94. The van der Waals surface area contributed by atoms with Crippen molar-refractivity contribution >= 4 is 29.1 Å². The molecule has 0 aliphatic heterocycles. The molecule has 1 atom stereocenters. The first kappa shape index (κ1) is 22.4. The number of anilines is 1. The first-order valence-electron chi connectivity index (χ1n) is 10.2. The van der Waals surface area contributed by atoms with Crippen LogP contribution in [0.1, 0.15) is 29.3 Å². The Balaban J connectivity index is 1.63. The fourth-order valence-electron chi connectivity index (χ4n) is 3.09. The van der Waals surface area contributed by atoms with Gasteiger partial charge in [-0.2, -0.15) is 0 Å². The molecule has 2 amide bonds. The number of carbonyl (C=O) groups excluding carboxylic acids is 2. The zero-order chi connectivity index (χ0) is 22.1. The van der Waals surface area contributed by atoms with E-state index in [0.717, 1.165) is 12.0 Å². The minimum Gasteiger partial charge on any atom is -0.481 e. The van der Waals surface area contributed by atoms with Crippen LogP contribution in [-0.4, -0.2) is 24.5 Å². The maximum atomic E-state index is 12.8. The maximum absolute atomic E-state index is 12.8. The second kappa shape index (κ2) is 11.2. The summed E-state index contributed by atoms with van der Waals surface area (Å²) in [7, 11) is 0. The van der Waals surface area contributed by atoms with Crippen LogP contribution in [0.2, 0.25) is 5.02 Å². The smallest absolute Gasteiger partial charge is 0.265 e. The van der Waals surface area contributed by atoms with Crippen LogP contribution in [0.4, 0.5) is 5.69 Å². The van der Waals surface area contributed by atoms with Gasteiger partial charge >= 0.3 is 0 Å². The molecule has 0 saturated carbocycles. The number of benzene rings is 3. The van der Waals surface area contributed by atoms with Gasteiger partial charge in [0.1, 0.15) is 5.75 Å². The van der Waals surface area contributed by atoms with Gasteiger partial charge in [0.2, 0.25) is 0 Å². The molecule has 0 unspecified atom stereocenters. The van der Waals surface area contributed by atoms with Crippen molar-refractivity contribution in [3.8, 4) is 5.75 Å². The van der Waals surface area contributed by atoms with E-state index in [0.29, 0.717) is 35.0 Å². The molecule has 31 heavy (non-hydrogen) atoms. The van der Waals surface area contributed by atoms with Crippen LogP contribution in [0.3, 0.4) is 0 Å². The number of carbonyl (C=O) groups is 2. The minimum atomic E-state index is -0.715. The fraction of sp³-hybridized carbons (Fsp3) is 0.200. The maximum Gasteiger partial charge on any atom is 0.265 e. The van der Waals surface area contributed by atoms with Crippen molar-refractivity contribution in [3.05, 3.63) is 95.0 Å². The Bertz CT molecular complexity index is 1020. The lowest BCUT2D eigenvalue weighted by molar-refractivity contribution is -0.122. The Morgan fingerprint density at radius 1 is 0.968 bits per heavy atom. The molecule has 0 aliphatic rings. The number of ether oxygens (including phenoxy) is 1. The van der Waals surface area contributed by atoms with Crippen molar-refractivity contribution in [3.63, 3.8) is 0 Å². The Morgan fingerprint density at radius 3 is 2.45 bits per heavy atom. The second-order valence-electron chi connectivity index (χ2n) is 7.00. The van der Waals surface area contributed by atoms with Crippen molar-refractivity contribution < 1.29 is 14.3 Å². The van der Waals surface area contributed by atoms with Gasteiger partial charge < -0.3 is 15.4 Å². The minimum absolute atomic E-state index is 0.240. The van der Waals surface area contributed by atoms with Crippen LogP contribution < -0.4 is 15.4 Å². The lowest BCUT2D eigenvalue weighted by Crippen LogP contribution is -2.33. The lowest BCUT2D eigenvalue weighted by atomic mass is 10.1. The molecule has 160 valence electrons. The normalized spacial score (nSPS) is 11.4. The SMILES string of the molecule is CC[C@@H](Oc1cccc(Cl)c1)C(=O)Nc1ccccc1C(=O)NCCc1ccccc1. The van der Waals surface area contributed by atoms with Crippen LogP contribution in [0.15, 0.2) is 78.9 Å². The van der Waals surface area contributed by atoms with Crippen molar-refractivity contribution in [1.29, 1.82) is 0 Å². The summed E-state index contributed by atoms with van der Waals surface area (Å²) in [6.07, 6.45) is 0.476. The Morgan fingerprint density at radius 2 is 1.71 bits per heavy atom. The van der Waals surface area contributed by atoms with E-state index in [4.69, 9.17) is 16.3 Å². The summed E-state index contributed by atoms with van der Waals surface area (Å²) in [6.45, 7) is 2.36. The van der Waals surface area contributed by atoms with Crippen LogP contribution in [-0.2, 0) is 11.2 Å². The molecule has 0 radical (unpaired) electrons. The number of hydrogen-bond acceptors (Lipinski definition) is 3. The highest BCUT2D eigenvalue weighted by molar-refractivity contribution is 6.30. The highest BCUT2D eigenvalue weighted by Gasteiger charge is 2.21. The molecule has 3 rings (SSSR count). The molecule has 6 heteroatoms. The molecular weight excluding hydrogens is 412 g/mol. The van der Waals surface area contributed by atoms with Crippen LogP contribution in [0.25, 0.3) is 0 Å². The number of nitrogens with one attached hydrogen (secondary N) is 2. The first-order chi connectivity index (χ1) is 15.1. The van der Waals surface area contributed by atoms with Gasteiger partial charge in [-0.25, -0.2) is 0 Å². The van der Waals surface area contributed by atoms with Crippen molar-refractivity contribution in [2.75, 3.05) is 11.9 Å². The molecule has 3 aromatic carbocycles. The molecule has 0 aliphatic carbocycles. The molecule has 5 nitrogen and oxygen atoms in total. The molecule has 2 N–H and O–H groups in total. The standard InChI is InChI=1S/C25H25ClN2O3/c1-2-23(31-20-12-8-11-19(26)17-20)25(30)28-22-14-7-6-13-21(22)24(29)27-16-15-18-9-4-3-5-10-18/h3-14,17,23H,2,15-16H2,1H3,(H,27,29)(H,28,30)/t23-/m1/s1. The Kier molecular flexibility index (Phi) is 8.07. The number of rotatable bonds is 9. The third-order valence-electron chi connectivity index (χ3n) is 4.71. The van der Waals surface area contributed by atoms with Crippen LogP contribution >= 0.6 is 11.6 Å². The largest absolute Gasteiger partial charge is 0.481 e. The van der Waals surface area contributed by atoms with Crippen LogP contribution in [0.5, 0.6) is 5.75 Å². The Hall–Kier alpha value is -3.31. The monoisotopic (exact) mass is 436 g/mol. The molecule has 0 saturated heterocycles. The van der Waals surface area contributed by atoms with E-state index < -0.39 is 6.10 Å². The number of hydrogen-bond donors (Lipinski definition) is 2. The summed E-state index contributed by atoms with van der Waals surface area (Å²) in [5.41, 5.74) is 1.99. The average Bonchev–Trinajstić information content (AvgIpc) is 2.78. The van der Waals surface area contributed by atoms with E-state index in [2.05, 4.69) is 10.6 Å². The van der Waals surface area contributed by atoms with E-state index in [1.54, 1.807) is 48.5 Å². The third kappa shape index (κ3) is 6.59. The van der Waals surface area contributed by atoms with Gasteiger partial charge in [0.15, 0.2) is 6.10 Å². The quantitative estimate of drug-likeness (QED) is 0.490. The summed E-state index contributed by atoms with van der Waals surface area (Å²) < 4.78 is 5.80. The van der Waals surface area contributed by atoms with Crippen molar-refractivity contribution in [2.45, 2.75) is 25.9 Å². The highest BCUT2D eigenvalue weighted by atomic mass is 35.5. The van der Waals surface area contributed by atoms with Gasteiger partial charge in [-0.1, -0.05) is 67.1 Å². The highest BCUT2D eigenvalue weighted by Crippen LogP contribution is 2.21. The summed E-state index contributed by atoms with van der Waals surface area (Å²) >= 11 is 5.99. The molecular formula is C25H25ClN2O3. The van der Waals surface area contributed by atoms with Gasteiger partial charge in [0, 0.05) is 11.6 Å². The Labute approximate surface area is 187 Å². The summed E-state index contributed by atoms with van der Waals surface area (Å²) in [5.74, 6) is -0.0518. The molecule has 0 bridgehead atoms. The lowest BCUT2D eigenvalue weighted by Gasteiger charge is -2.18. The number of halogens is 1. The van der Waals surface area contributed by atoms with Gasteiger partial charge in [0.05, 0.1) is 11.3 Å². The second-order valence-corrected chi connectivity index (χ2v) is 7.43. The average molecular weight is 437 g/mol. The van der Waals surface area contributed by atoms with E-state index in [9.17, 15) is 9.59 Å². The summed E-state index contributed by atoms with van der Waals surface area (Å²) in [5, 5.41) is 6.27. The topological polar surface area (TPSA) is 67.4 Å². The van der Waals surface area contributed by atoms with Gasteiger partial charge in [0.25, 0.3) is 11.8 Å². The predicted octanol–water partition coefficient (Wildman–Crippen LogP) is 5.11. The number of para-hydroxylation sites is 1. The van der Waals surface area contributed by atoms with Gasteiger partial charge in [-0.15, -0.1) is 0 Å². The predicted molar refractivity (Wildman–Crippen MR) is 124 cm³/mol. The van der Waals surface area contributed by atoms with Crippen LogP contribution in [0, 0.1) is 0 Å². The van der Waals surface area contributed by atoms with E-state index in [1.165, 1.54) is 0 Å². The van der Waals surface area contributed by atoms with E-state index in [1.807, 2.05) is 37.3 Å². The van der Waals surface area contributed by atoms with E-state index in [-0.39, 0.29) is 11.8 Å². The summed E-state index contributed by atoms with van der Waals surface area (Å²) in [4.78, 5) is 25.5. The molecule has 0 aromatic heterocycles. The molecule has 0 spiro atoms. The zero-order valence-electron chi connectivity index (χ0n) is 17.3. The molecule has 0 fully saturated rings. The number of amides is 2. The van der Waals surface area contributed by atoms with Gasteiger partial charge in [-0.3, -0.25) is 9.59 Å². The molecule has 0 heterocycles. The fourth-order valence-corrected chi connectivity index (χ4v) is 3.27. The summed E-state index contributed by atoms with van der Waals surface area (Å²) in [6, 6.07) is 23.8. The van der Waals surface area contributed by atoms with Gasteiger partial charge in [-0.05, 0) is 48.7 Å². The zero-order valence-corrected chi connectivity index (χ0v) is 18.1. The van der Waals surface area contributed by atoms with Crippen molar-refractivity contribution in [1.82, 2.24) is 5.32 Å².